The monoisotopic (exact) mass is 244 g/mol. The Kier molecular flexibility index (Phi) is 14.1. The highest BCUT2D eigenvalue weighted by Crippen LogP contribution is 2.13. The van der Waals surface area contributed by atoms with Crippen molar-refractivity contribution in [3.8, 4) is 0 Å². The number of alkyl halides is 5. The van der Waals surface area contributed by atoms with E-state index in [0.717, 1.165) is 7.11 Å². The van der Waals surface area contributed by atoms with E-state index in [-0.39, 0.29) is 4.84 Å². The molecule has 0 bridgehead atoms. The number of aliphatic hydroxyl groups excluding tert-OH is 1. The maximum absolute atomic E-state index is 10.6. The highest BCUT2D eigenvalue weighted by Gasteiger charge is 2.38. The predicted molar refractivity (Wildman–Crippen MR) is 43.0 cm³/mol. The van der Waals surface area contributed by atoms with Crippen molar-refractivity contribution in [3.05, 3.63) is 0 Å². The molecule has 0 aliphatic carbocycles. The topological polar surface area (TPSA) is 57.5 Å². The summed E-state index contributed by atoms with van der Waals surface area (Å²) in [5.41, 5.74) is 0. The second kappa shape index (κ2) is 9.88. The van der Waals surface area contributed by atoms with Crippen molar-refractivity contribution in [2.45, 2.75) is 17.9 Å². The molecule has 0 atom stereocenters. The van der Waals surface area contributed by atoms with Gasteiger partial charge in [-0.1, -0.05) is 0 Å². The average molecular weight is 245 g/mol. The summed E-state index contributed by atoms with van der Waals surface area (Å²) in [5.74, 6) is -2.76. The number of hydrogen-bond donors (Lipinski definition) is 2. The van der Waals surface area contributed by atoms with Gasteiger partial charge in [0.25, 0.3) is 0 Å². The van der Waals surface area contributed by atoms with Crippen molar-refractivity contribution in [2.75, 3.05) is 7.11 Å². The predicted octanol–water partition coefficient (Wildman–Crippen LogP) is 2.05. The smallest absolute Gasteiger partial charge is 0.475 e. The molecule has 0 aliphatic heterocycles. The van der Waals surface area contributed by atoms with Crippen LogP contribution in [0.25, 0.3) is 0 Å². The summed E-state index contributed by atoms with van der Waals surface area (Å²) in [6.45, 7) is 1.70. The third-order valence-corrected chi connectivity index (χ3v) is 0.243. The molecule has 0 spiro atoms. The molecule has 0 saturated heterocycles. The van der Waals surface area contributed by atoms with Crippen molar-refractivity contribution >= 4 is 29.2 Å². The molecule has 0 rings (SSSR count). The minimum absolute atomic E-state index is 0.222. The molecule has 0 heterocycles. The molecular weight excluding hydrogens is 236 g/mol. The number of halogens is 5. The van der Waals surface area contributed by atoms with Crippen molar-refractivity contribution < 1.29 is 28.2 Å². The van der Waals surface area contributed by atoms with E-state index in [9.17, 15) is 13.2 Å². The van der Waals surface area contributed by atoms with Gasteiger partial charge in [-0.3, -0.25) is 0 Å². The Hall–Kier alpha value is -0.200. The van der Waals surface area contributed by atoms with Crippen LogP contribution < -0.4 is 0 Å². The Bertz CT molecular complexity index is 124. The van der Waals surface area contributed by atoms with Gasteiger partial charge in [0.1, 0.15) is 4.84 Å². The van der Waals surface area contributed by atoms with Crippen LogP contribution in [0.3, 0.4) is 0 Å². The average Bonchev–Trinajstić information content (AvgIpc) is 1.88. The van der Waals surface area contributed by atoms with Crippen molar-refractivity contribution in [1.29, 1.82) is 0 Å². The third-order valence-electron chi connectivity index (χ3n) is 0.243. The third kappa shape index (κ3) is 33.7. The van der Waals surface area contributed by atoms with Crippen LogP contribution >= 0.6 is 23.2 Å². The first-order chi connectivity index (χ1) is 5.68. The zero-order chi connectivity index (χ0) is 11.7. The quantitative estimate of drug-likeness (QED) is 0.642. The van der Waals surface area contributed by atoms with E-state index in [0.29, 0.717) is 0 Å². The molecule has 0 fully saturated rings. The number of rotatable bonds is 0. The van der Waals surface area contributed by atoms with Crippen LogP contribution in [0.4, 0.5) is 13.2 Å². The first-order valence-electron chi connectivity index (χ1n) is 2.71. The Balaban J connectivity index is -0.000000142. The summed E-state index contributed by atoms with van der Waals surface area (Å²) >= 11 is 10.1. The van der Waals surface area contributed by atoms with Gasteiger partial charge in [-0.25, -0.2) is 4.79 Å². The lowest BCUT2D eigenvalue weighted by atomic mass is 10.7. The maximum atomic E-state index is 10.6. The van der Waals surface area contributed by atoms with E-state index in [1.807, 2.05) is 0 Å². The minimum atomic E-state index is -5.08. The minimum Gasteiger partial charge on any atom is -0.475 e. The molecule has 8 heteroatoms. The highest BCUT2D eigenvalue weighted by atomic mass is 35.5. The van der Waals surface area contributed by atoms with E-state index < -0.39 is 12.1 Å². The molecule has 13 heavy (non-hydrogen) atoms. The van der Waals surface area contributed by atoms with Gasteiger partial charge in [0.05, 0.1) is 0 Å². The summed E-state index contributed by atoms with van der Waals surface area (Å²) in [7, 11) is 1.00. The molecule has 0 aromatic rings. The summed E-state index contributed by atoms with van der Waals surface area (Å²) < 4.78 is 31.7. The van der Waals surface area contributed by atoms with Crippen molar-refractivity contribution in [3.63, 3.8) is 0 Å². The molecule has 3 nitrogen and oxygen atoms in total. The van der Waals surface area contributed by atoms with Gasteiger partial charge in [0, 0.05) is 7.11 Å². The van der Waals surface area contributed by atoms with E-state index >= 15 is 0 Å². The SMILES string of the molecule is CC(Cl)Cl.CO.O=C(O)C(F)(F)F. The fraction of sp³-hybridized carbons (Fsp3) is 0.800. The number of aliphatic carboxylic acids is 1. The van der Waals surface area contributed by atoms with Crippen molar-refractivity contribution in [2.24, 2.45) is 0 Å². The van der Waals surface area contributed by atoms with Gasteiger partial charge in [-0.2, -0.15) is 13.2 Å². The van der Waals surface area contributed by atoms with E-state index in [2.05, 4.69) is 0 Å². The van der Waals surface area contributed by atoms with Gasteiger partial charge >= 0.3 is 12.1 Å². The molecule has 0 aromatic heterocycles. The molecule has 0 radical (unpaired) electrons. The van der Waals surface area contributed by atoms with Crippen LogP contribution in [0.1, 0.15) is 6.92 Å². The largest absolute Gasteiger partial charge is 0.490 e. The van der Waals surface area contributed by atoms with Gasteiger partial charge in [-0.15, -0.1) is 23.2 Å². The summed E-state index contributed by atoms with van der Waals surface area (Å²) in [5, 5.41) is 14.1. The summed E-state index contributed by atoms with van der Waals surface area (Å²) in [6, 6.07) is 0. The molecule has 0 aliphatic rings. The molecule has 82 valence electrons. The van der Waals surface area contributed by atoms with Crippen LogP contribution in [0, 0.1) is 0 Å². The first kappa shape index (κ1) is 18.6. The van der Waals surface area contributed by atoms with Crippen LogP contribution in [0.5, 0.6) is 0 Å². The fourth-order valence-corrected chi connectivity index (χ4v) is 0. The van der Waals surface area contributed by atoms with Gasteiger partial charge in [0.2, 0.25) is 0 Å². The Labute approximate surface area is 83.1 Å². The number of carbonyl (C=O) groups is 1. The van der Waals surface area contributed by atoms with Gasteiger partial charge in [0.15, 0.2) is 0 Å². The first-order valence-corrected chi connectivity index (χ1v) is 3.58. The highest BCUT2D eigenvalue weighted by molar-refractivity contribution is 6.43. The maximum Gasteiger partial charge on any atom is 0.490 e. The number of hydrogen-bond acceptors (Lipinski definition) is 2. The van der Waals surface area contributed by atoms with Crippen LogP contribution in [-0.2, 0) is 4.79 Å². The van der Waals surface area contributed by atoms with Crippen molar-refractivity contribution in [1.82, 2.24) is 0 Å². The normalized spacial score (nSPS) is 9.31. The Morgan fingerprint density at radius 1 is 1.31 bits per heavy atom. The molecule has 0 unspecified atom stereocenters. The molecular formula is C5H9Cl2F3O3. The van der Waals surface area contributed by atoms with E-state index in [4.69, 9.17) is 38.2 Å². The Morgan fingerprint density at radius 2 is 1.38 bits per heavy atom. The second-order valence-electron chi connectivity index (χ2n) is 1.32. The summed E-state index contributed by atoms with van der Waals surface area (Å²) in [4.78, 5) is 8.67. The zero-order valence-electron chi connectivity index (χ0n) is 6.77. The molecule has 0 aromatic carbocycles. The fourth-order valence-electron chi connectivity index (χ4n) is 0. The van der Waals surface area contributed by atoms with Crippen LogP contribution in [-0.4, -0.2) is 34.3 Å². The number of carboxylic acid groups (broad SMARTS) is 1. The second-order valence-corrected chi connectivity index (χ2v) is 2.85. The Morgan fingerprint density at radius 3 is 1.38 bits per heavy atom. The standard InChI is InChI=1S/C2H4Cl2.C2HF3O2.CH4O/c1-2(3)4;3-2(4,5)1(6)7;1-2/h2H,1H3;(H,6,7);2H,1H3. The lowest BCUT2D eigenvalue weighted by Gasteiger charge is -1.93. The lowest BCUT2D eigenvalue weighted by molar-refractivity contribution is -0.192. The number of carboxylic acids is 1. The van der Waals surface area contributed by atoms with Gasteiger partial charge < -0.3 is 10.2 Å². The van der Waals surface area contributed by atoms with Crippen LogP contribution in [0.15, 0.2) is 0 Å². The molecule has 0 saturated carbocycles. The lowest BCUT2D eigenvalue weighted by Crippen LogP contribution is -2.21. The summed E-state index contributed by atoms with van der Waals surface area (Å²) in [6.07, 6.45) is -5.08. The number of aliphatic hydroxyl groups is 1. The molecule has 2 N–H and O–H groups in total. The molecule has 0 amide bonds. The van der Waals surface area contributed by atoms with Gasteiger partial charge in [-0.05, 0) is 6.92 Å². The van der Waals surface area contributed by atoms with E-state index in [1.165, 1.54) is 0 Å². The van der Waals surface area contributed by atoms with Crippen LogP contribution in [0.2, 0.25) is 0 Å². The zero-order valence-corrected chi connectivity index (χ0v) is 8.28. The van der Waals surface area contributed by atoms with E-state index in [1.54, 1.807) is 6.92 Å².